The molecule has 116 valence electrons. The summed E-state index contributed by atoms with van der Waals surface area (Å²) >= 11 is 0. The van der Waals surface area contributed by atoms with Crippen LogP contribution in [0.4, 0.5) is 0 Å². The molecule has 0 saturated carbocycles. The summed E-state index contributed by atoms with van der Waals surface area (Å²) in [5, 5.41) is 12.3. The highest BCUT2D eigenvalue weighted by Crippen LogP contribution is 2.27. The van der Waals surface area contributed by atoms with Gasteiger partial charge < -0.3 is 19.9 Å². The van der Waals surface area contributed by atoms with Gasteiger partial charge in [-0.2, -0.15) is 0 Å². The van der Waals surface area contributed by atoms with Gasteiger partial charge in [-0.3, -0.25) is 4.79 Å². The Morgan fingerprint density at radius 3 is 2.67 bits per heavy atom. The molecule has 1 amide bonds. The molecule has 0 spiro atoms. The van der Waals surface area contributed by atoms with Gasteiger partial charge in [-0.25, -0.2) is 9.78 Å². The molecule has 0 saturated heterocycles. The van der Waals surface area contributed by atoms with Gasteiger partial charge >= 0.3 is 5.97 Å². The number of pyridine rings is 1. The van der Waals surface area contributed by atoms with Crippen molar-refractivity contribution in [2.75, 3.05) is 7.11 Å². The van der Waals surface area contributed by atoms with Gasteiger partial charge in [0.05, 0.1) is 13.2 Å². The SMILES string of the molecule is CCC(C)OC(=O)C(C)NC(=O)c1nccc(OC)c1O. The highest BCUT2D eigenvalue weighted by molar-refractivity contribution is 5.97. The van der Waals surface area contributed by atoms with Crippen LogP contribution in [0, 0.1) is 0 Å². The predicted molar refractivity (Wildman–Crippen MR) is 75.2 cm³/mol. The number of esters is 1. The maximum absolute atomic E-state index is 12.0. The van der Waals surface area contributed by atoms with Crippen LogP contribution in [0.25, 0.3) is 0 Å². The minimum Gasteiger partial charge on any atom is -0.503 e. The molecule has 2 N–H and O–H groups in total. The second kappa shape index (κ2) is 7.47. The zero-order valence-electron chi connectivity index (χ0n) is 12.5. The number of hydrogen-bond donors (Lipinski definition) is 2. The summed E-state index contributed by atoms with van der Waals surface area (Å²) in [5.41, 5.74) is -0.211. The van der Waals surface area contributed by atoms with Crippen molar-refractivity contribution in [3.63, 3.8) is 0 Å². The lowest BCUT2D eigenvalue weighted by Gasteiger charge is -2.17. The van der Waals surface area contributed by atoms with Crippen LogP contribution in [-0.2, 0) is 9.53 Å². The average molecular weight is 296 g/mol. The van der Waals surface area contributed by atoms with Crippen LogP contribution in [0.2, 0.25) is 0 Å². The third-order valence-electron chi connectivity index (χ3n) is 2.92. The number of nitrogens with one attached hydrogen (secondary N) is 1. The van der Waals surface area contributed by atoms with Gasteiger partial charge in [-0.15, -0.1) is 0 Å². The number of methoxy groups -OCH3 is 1. The number of ether oxygens (including phenoxy) is 2. The minimum absolute atomic E-state index is 0.130. The standard InChI is InChI=1S/C14H20N2O5/c1-5-8(2)21-14(19)9(3)16-13(18)11-12(17)10(20-4)6-7-15-11/h6-9,17H,5H2,1-4H3,(H,16,18). The van der Waals surface area contributed by atoms with Gasteiger partial charge in [0.2, 0.25) is 0 Å². The summed E-state index contributed by atoms with van der Waals surface area (Å²) in [7, 11) is 1.36. The fourth-order valence-corrected chi connectivity index (χ4v) is 1.47. The van der Waals surface area contributed by atoms with E-state index in [9.17, 15) is 14.7 Å². The summed E-state index contributed by atoms with van der Waals surface area (Å²) < 4.78 is 10.0. The number of aromatic nitrogens is 1. The summed E-state index contributed by atoms with van der Waals surface area (Å²) in [6, 6.07) is 0.575. The topological polar surface area (TPSA) is 97.8 Å². The van der Waals surface area contributed by atoms with E-state index in [4.69, 9.17) is 9.47 Å². The normalized spacial score (nSPS) is 13.1. The number of aromatic hydroxyl groups is 1. The summed E-state index contributed by atoms with van der Waals surface area (Å²) in [6.45, 7) is 5.15. The minimum atomic E-state index is -0.848. The molecule has 0 bridgehead atoms. The quantitative estimate of drug-likeness (QED) is 0.767. The van der Waals surface area contributed by atoms with E-state index in [0.29, 0.717) is 6.42 Å². The smallest absolute Gasteiger partial charge is 0.328 e. The van der Waals surface area contributed by atoms with E-state index in [2.05, 4.69) is 10.3 Å². The Balaban J connectivity index is 2.75. The molecule has 2 unspecified atom stereocenters. The molecule has 0 aliphatic carbocycles. The molecule has 0 fully saturated rings. The highest BCUT2D eigenvalue weighted by Gasteiger charge is 2.23. The summed E-state index contributed by atoms with van der Waals surface area (Å²) in [6.07, 6.45) is 1.79. The number of nitrogens with zero attached hydrogens (tertiary/aromatic N) is 1. The summed E-state index contributed by atoms with van der Waals surface area (Å²) in [4.78, 5) is 27.5. The number of carbonyl (C=O) groups excluding carboxylic acids is 2. The predicted octanol–water partition coefficient (Wildman–Crippen LogP) is 1.26. The molecule has 1 aromatic rings. The van der Waals surface area contributed by atoms with Crippen molar-refractivity contribution in [2.24, 2.45) is 0 Å². The molecule has 0 aliphatic heterocycles. The second-order valence-electron chi connectivity index (χ2n) is 4.56. The lowest BCUT2D eigenvalue weighted by Crippen LogP contribution is -2.40. The average Bonchev–Trinajstić information content (AvgIpc) is 2.46. The molecule has 1 aromatic heterocycles. The van der Waals surface area contributed by atoms with Crippen molar-refractivity contribution < 1.29 is 24.2 Å². The fourth-order valence-electron chi connectivity index (χ4n) is 1.47. The van der Waals surface area contributed by atoms with Crippen molar-refractivity contribution in [2.45, 2.75) is 39.3 Å². The number of rotatable bonds is 6. The Bertz CT molecular complexity index is 518. The van der Waals surface area contributed by atoms with Crippen molar-refractivity contribution in [1.29, 1.82) is 0 Å². The molecule has 1 heterocycles. The maximum atomic E-state index is 12.0. The lowest BCUT2D eigenvalue weighted by atomic mass is 10.2. The van der Waals surface area contributed by atoms with Crippen molar-refractivity contribution in [1.82, 2.24) is 10.3 Å². The van der Waals surface area contributed by atoms with Gasteiger partial charge in [0.15, 0.2) is 17.2 Å². The van der Waals surface area contributed by atoms with Crippen LogP contribution < -0.4 is 10.1 Å². The van der Waals surface area contributed by atoms with E-state index < -0.39 is 17.9 Å². The Kier molecular flexibility index (Phi) is 5.95. The third-order valence-corrected chi connectivity index (χ3v) is 2.92. The van der Waals surface area contributed by atoms with Crippen LogP contribution in [0.3, 0.4) is 0 Å². The molecule has 2 atom stereocenters. The van der Waals surface area contributed by atoms with E-state index >= 15 is 0 Å². The van der Waals surface area contributed by atoms with Gasteiger partial charge in [0.25, 0.3) is 5.91 Å². The molecule has 7 nitrogen and oxygen atoms in total. The summed E-state index contributed by atoms with van der Waals surface area (Å²) in [5.74, 6) is -1.47. The first-order valence-electron chi connectivity index (χ1n) is 6.64. The molecule has 0 radical (unpaired) electrons. The molecule has 0 aromatic carbocycles. The van der Waals surface area contributed by atoms with Crippen LogP contribution in [0.5, 0.6) is 11.5 Å². The van der Waals surface area contributed by atoms with E-state index in [1.54, 1.807) is 6.92 Å². The largest absolute Gasteiger partial charge is 0.503 e. The van der Waals surface area contributed by atoms with Crippen molar-refractivity contribution in [3.8, 4) is 11.5 Å². The zero-order chi connectivity index (χ0) is 16.0. The first-order valence-corrected chi connectivity index (χ1v) is 6.64. The first kappa shape index (κ1) is 16.7. The Hall–Kier alpha value is -2.31. The molecule has 7 heteroatoms. The third kappa shape index (κ3) is 4.34. The lowest BCUT2D eigenvalue weighted by molar-refractivity contribution is -0.150. The van der Waals surface area contributed by atoms with E-state index in [1.807, 2.05) is 6.92 Å². The first-order chi connectivity index (χ1) is 9.90. The monoisotopic (exact) mass is 296 g/mol. The second-order valence-corrected chi connectivity index (χ2v) is 4.56. The fraction of sp³-hybridized carbons (Fsp3) is 0.500. The van der Waals surface area contributed by atoms with E-state index in [0.717, 1.165) is 0 Å². The van der Waals surface area contributed by atoms with E-state index in [1.165, 1.54) is 26.3 Å². The number of carbonyl (C=O) groups is 2. The molecule has 21 heavy (non-hydrogen) atoms. The Morgan fingerprint density at radius 1 is 1.43 bits per heavy atom. The highest BCUT2D eigenvalue weighted by atomic mass is 16.5. The number of amides is 1. The van der Waals surface area contributed by atoms with Crippen LogP contribution in [0.1, 0.15) is 37.7 Å². The van der Waals surface area contributed by atoms with Gasteiger partial charge in [0.1, 0.15) is 6.04 Å². The molecular formula is C14H20N2O5. The molecular weight excluding hydrogens is 276 g/mol. The van der Waals surface area contributed by atoms with Crippen LogP contribution in [-0.4, -0.2) is 41.2 Å². The van der Waals surface area contributed by atoms with Gasteiger partial charge in [0, 0.05) is 12.3 Å². The molecule has 0 aliphatic rings. The molecule has 1 rings (SSSR count). The van der Waals surface area contributed by atoms with Gasteiger partial charge in [-0.05, 0) is 20.3 Å². The van der Waals surface area contributed by atoms with Crippen LogP contribution >= 0.6 is 0 Å². The zero-order valence-corrected chi connectivity index (χ0v) is 12.5. The maximum Gasteiger partial charge on any atom is 0.328 e. The van der Waals surface area contributed by atoms with E-state index in [-0.39, 0.29) is 23.3 Å². The van der Waals surface area contributed by atoms with Gasteiger partial charge in [-0.1, -0.05) is 6.92 Å². The Morgan fingerprint density at radius 2 is 2.10 bits per heavy atom. The number of hydrogen-bond acceptors (Lipinski definition) is 6. The Labute approximate surface area is 123 Å². The van der Waals surface area contributed by atoms with Crippen molar-refractivity contribution >= 4 is 11.9 Å². The van der Waals surface area contributed by atoms with Crippen molar-refractivity contribution in [3.05, 3.63) is 18.0 Å². The van der Waals surface area contributed by atoms with Crippen LogP contribution in [0.15, 0.2) is 12.3 Å².